The first-order valence-electron chi connectivity index (χ1n) is 9.41. The van der Waals surface area contributed by atoms with Crippen LogP contribution in [0.1, 0.15) is 26.7 Å². The summed E-state index contributed by atoms with van der Waals surface area (Å²) >= 11 is 0. The van der Waals surface area contributed by atoms with Gasteiger partial charge in [-0.25, -0.2) is 4.98 Å². The number of hydrogen-bond acceptors (Lipinski definition) is 6. The minimum atomic E-state index is -0.586. The quantitative estimate of drug-likeness (QED) is 0.658. The number of para-hydroxylation sites is 1. The summed E-state index contributed by atoms with van der Waals surface area (Å²) in [6.45, 7) is 4.13. The number of nitrogens with zero attached hydrogens (tertiary/aromatic N) is 3. The Hall–Kier alpha value is -3.25. The zero-order valence-corrected chi connectivity index (χ0v) is 15.3. The summed E-state index contributed by atoms with van der Waals surface area (Å²) in [5, 5.41) is 0. The van der Waals surface area contributed by atoms with Crippen LogP contribution in [0.3, 0.4) is 0 Å². The lowest BCUT2D eigenvalue weighted by Gasteiger charge is -2.35. The molecule has 6 heteroatoms. The van der Waals surface area contributed by atoms with E-state index in [-0.39, 0.29) is 5.69 Å². The number of hydrogen-bond donors (Lipinski definition) is 0. The van der Waals surface area contributed by atoms with Gasteiger partial charge in [0.05, 0.1) is 6.54 Å². The van der Waals surface area contributed by atoms with Gasteiger partial charge in [-0.05, 0) is 12.1 Å². The normalized spacial score (nSPS) is 16.8. The van der Waals surface area contributed by atoms with E-state index in [1.54, 1.807) is 18.2 Å². The molecule has 1 saturated heterocycles. The zero-order chi connectivity index (χ0) is 19.1. The molecule has 5 rings (SSSR count). The van der Waals surface area contributed by atoms with Crippen LogP contribution < -0.4 is 4.90 Å². The number of benzene rings is 2. The fourth-order valence-electron chi connectivity index (χ4n) is 3.87. The lowest BCUT2D eigenvalue weighted by molar-refractivity contribution is 0.0812. The number of carbonyl (C=O) groups excluding carboxylic acids is 2. The van der Waals surface area contributed by atoms with Gasteiger partial charge >= 0.3 is 0 Å². The van der Waals surface area contributed by atoms with Gasteiger partial charge in [0.15, 0.2) is 11.5 Å². The second kappa shape index (κ2) is 6.73. The molecular formula is C22H19N3O3. The number of carbonyl (C=O) groups is 2. The topological polar surface area (TPSA) is 66.7 Å². The second-order valence-corrected chi connectivity index (χ2v) is 7.09. The van der Waals surface area contributed by atoms with Crippen molar-refractivity contribution in [3.63, 3.8) is 0 Å². The molecule has 2 heterocycles. The molecule has 28 heavy (non-hydrogen) atoms. The van der Waals surface area contributed by atoms with Crippen molar-refractivity contribution in [3.05, 3.63) is 71.7 Å². The van der Waals surface area contributed by atoms with E-state index in [0.717, 1.165) is 26.2 Å². The van der Waals surface area contributed by atoms with Gasteiger partial charge in [0, 0.05) is 43.0 Å². The number of oxazole rings is 1. The van der Waals surface area contributed by atoms with Gasteiger partial charge in [-0.3, -0.25) is 14.5 Å². The number of anilines is 1. The molecule has 1 fully saturated rings. The Bertz CT molecular complexity index is 1050. The Morgan fingerprint density at radius 3 is 2.25 bits per heavy atom. The maximum absolute atomic E-state index is 12.4. The molecule has 2 aromatic carbocycles. The van der Waals surface area contributed by atoms with Gasteiger partial charge in [0.1, 0.15) is 0 Å². The largest absolute Gasteiger partial charge is 0.438 e. The number of aromatic nitrogens is 1. The summed E-state index contributed by atoms with van der Waals surface area (Å²) in [7, 11) is 0. The number of ketones is 2. The second-order valence-electron chi connectivity index (χ2n) is 7.09. The van der Waals surface area contributed by atoms with Crippen LogP contribution in [-0.2, 0) is 6.54 Å². The van der Waals surface area contributed by atoms with E-state index < -0.39 is 11.6 Å². The van der Waals surface area contributed by atoms with Gasteiger partial charge in [0.25, 0.3) is 5.78 Å². The van der Waals surface area contributed by atoms with Gasteiger partial charge in [-0.15, -0.1) is 0 Å². The van der Waals surface area contributed by atoms with Crippen LogP contribution in [0.5, 0.6) is 0 Å². The fourth-order valence-corrected chi connectivity index (χ4v) is 3.87. The fraction of sp³-hybridized carbons (Fsp3) is 0.227. The van der Waals surface area contributed by atoms with E-state index in [1.807, 2.05) is 12.1 Å². The number of piperazine rings is 1. The van der Waals surface area contributed by atoms with Crippen molar-refractivity contribution in [2.75, 3.05) is 31.1 Å². The average Bonchev–Trinajstić information content (AvgIpc) is 3.17. The van der Waals surface area contributed by atoms with Gasteiger partial charge < -0.3 is 9.32 Å². The molecule has 3 aromatic rings. The maximum Gasteiger partial charge on any atom is 0.255 e. The molecule has 0 bridgehead atoms. The molecule has 2 aliphatic rings. The molecule has 0 atom stereocenters. The Morgan fingerprint density at radius 2 is 1.50 bits per heavy atom. The molecule has 0 radical (unpaired) electrons. The van der Waals surface area contributed by atoms with E-state index in [0.29, 0.717) is 29.3 Å². The highest BCUT2D eigenvalue weighted by molar-refractivity contribution is 6.52. The molecule has 0 unspecified atom stereocenters. The van der Waals surface area contributed by atoms with Crippen LogP contribution in [0, 0.1) is 0 Å². The van der Waals surface area contributed by atoms with Crippen molar-refractivity contribution in [1.29, 1.82) is 0 Å². The molecule has 1 aliphatic heterocycles. The van der Waals surface area contributed by atoms with Crippen LogP contribution in [0.4, 0.5) is 5.69 Å². The highest BCUT2D eigenvalue weighted by atomic mass is 16.4. The molecule has 0 N–H and O–H groups in total. The lowest BCUT2D eigenvalue weighted by Crippen LogP contribution is -2.46. The van der Waals surface area contributed by atoms with E-state index in [1.165, 1.54) is 5.69 Å². The number of Topliss-reactive ketones (excluding diaryl/α,β-unsaturated/α-hetero) is 2. The molecule has 1 aliphatic carbocycles. The third kappa shape index (κ3) is 2.82. The zero-order valence-electron chi connectivity index (χ0n) is 15.3. The van der Waals surface area contributed by atoms with E-state index in [2.05, 4.69) is 39.0 Å². The summed E-state index contributed by atoms with van der Waals surface area (Å²) in [5.74, 6) is -0.203. The first kappa shape index (κ1) is 16.9. The summed E-state index contributed by atoms with van der Waals surface area (Å²) in [4.78, 5) is 33.7. The summed E-state index contributed by atoms with van der Waals surface area (Å²) in [6, 6.07) is 17.4. The Labute approximate surface area is 162 Å². The Kier molecular flexibility index (Phi) is 4.06. The van der Waals surface area contributed by atoms with Crippen LogP contribution in [0.15, 0.2) is 59.0 Å². The van der Waals surface area contributed by atoms with Crippen molar-refractivity contribution < 1.29 is 14.0 Å². The standard InChI is InChI=1S/C22H19N3O3/c26-20-16-8-4-5-9-17(16)22-19(21(20)27)23-18(28-22)14-24-10-12-25(13-11-24)15-6-2-1-3-7-15/h1-9H,10-14H2. The predicted molar refractivity (Wildman–Crippen MR) is 105 cm³/mol. The Morgan fingerprint density at radius 1 is 0.821 bits per heavy atom. The van der Waals surface area contributed by atoms with Crippen LogP contribution >= 0.6 is 0 Å². The molecule has 1 aromatic heterocycles. The summed E-state index contributed by atoms with van der Waals surface area (Å²) in [6.07, 6.45) is 0. The minimum Gasteiger partial charge on any atom is -0.438 e. The van der Waals surface area contributed by atoms with Crippen molar-refractivity contribution in [1.82, 2.24) is 9.88 Å². The van der Waals surface area contributed by atoms with Gasteiger partial charge in [0.2, 0.25) is 11.7 Å². The monoisotopic (exact) mass is 373 g/mol. The number of rotatable bonds is 3. The first-order chi connectivity index (χ1) is 13.7. The maximum atomic E-state index is 12.4. The molecule has 0 saturated carbocycles. The molecule has 6 nitrogen and oxygen atoms in total. The summed E-state index contributed by atoms with van der Waals surface area (Å²) in [5.41, 5.74) is 2.41. The van der Waals surface area contributed by atoms with E-state index >= 15 is 0 Å². The van der Waals surface area contributed by atoms with Crippen LogP contribution in [0.2, 0.25) is 0 Å². The van der Waals surface area contributed by atoms with Crippen molar-refractivity contribution in [2.24, 2.45) is 0 Å². The van der Waals surface area contributed by atoms with Gasteiger partial charge in [-0.2, -0.15) is 0 Å². The average molecular weight is 373 g/mol. The molecule has 140 valence electrons. The van der Waals surface area contributed by atoms with E-state index in [9.17, 15) is 9.59 Å². The van der Waals surface area contributed by atoms with Crippen molar-refractivity contribution >= 4 is 17.3 Å². The molecule has 0 spiro atoms. The molecule has 0 amide bonds. The van der Waals surface area contributed by atoms with Crippen LogP contribution in [-0.4, -0.2) is 47.6 Å². The SMILES string of the molecule is O=C1C(=O)c2nc(CN3CCN(c4ccccc4)CC3)oc2-c2ccccc21. The van der Waals surface area contributed by atoms with Gasteiger partial charge in [-0.1, -0.05) is 42.5 Å². The third-order valence-corrected chi connectivity index (χ3v) is 5.36. The lowest BCUT2D eigenvalue weighted by atomic mass is 9.91. The predicted octanol–water partition coefficient (Wildman–Crippen LogP) is 3.04. The molecular weight excluding hydrogens is 354 g/mol. The van der Waals surface area contributed by atoms with Crippen LogP contribution in [0.25, 0.3) is 11.3 Å². The summed E-state index contributed by atoms with van der Waals surface area (Å²) < 4.78 is 5.93. The Balaban J connectivity index is 1.33. The first-order valence-corrected chi connectivity index (χ1v) is 9.41. The smallest absolute Gasteiger partial charge is 0.255 e. The highest BCUT2D eigenvalue weighted by Gasteiger charge is 2.35. The van der Waals surface area contributed by atoms with E-state index in [4.69, 9.17) is 4.42 Å². The van der Waals surface area contributed by atoms with Crippen molar-refractivity contribution in [3.8, 4) is 11.3 Å². The number of fused-ring (bicyclic) bond motifs is 3. The van der Waals surface area contributed by atoms with Crippen molar-refractivity contribution in [2.45, 2.75) is 6.54 Å². The minimum absolute atomic E-state index is 0.140. The highest BCUT2D eigenvalue weighted by Crippen LogP contribution is 2.34. The third-order valence-electron chi connectivity index (χ3n) is 5.36.